The van der Waals surface area contributed by atoms with E-state index < -0.39 is 0 Å². The molecule has 1 unspecified atom stereocenters. The lowest BCUT2D eigenvalue weighted by Crippen LogP contribution is -2.28. The average molecular weight is 373 g/mol. The normalized spacial score (nSPS) is 15.3. The van der Waals surface area contributed by atoms with E-state index in [1.54, 1.807) is 18.2 Å². The molecule has 1 atom stereocenters. The number of carbonyl (C=O) groups is 2. The van der Waals surface area contributed by atoms with Crippen molar-refractivity contribution in [3.63, 3.8) is 0 Å². The summed E-state index contributed by atoms with van der Waals surface area (Å²) in [6.45, 7) is 2.96. The van der Waals surface area contributed by atoms with Gasteiger partial charge < -0.3 is 15.4 Å². The second-order valence-electron chi connectivity index (χ2n) is 6.19. The van der Waals surface area contributed by atoms with Gasteiger partial charge in [-0.2, -0.15) is 0 Å². The highest BCUT2D eigenvalue weighted by molar-refractivity contribution is 6.30. The molecule has 136 valence electrons. The van der Waals surface area contributed by atoms with Crippen molar-refractivity contribution < 1.29 is 14.3 Å². The van der Waals surface area contributed by atoms with Crippen molar-refractivity contribution in [2.75, 3.05) is 6.61 Å². The monoisotopic (exact) mass is 372 g/mol. The van der Waals surface area contributed by atoms with E-state index in [4.69, 9.17) is 16.3 Å². The molecular weight excluding hydrogens is 352 g/mol. The summed E-state index contributed by atoms with van der Waals surface area (Å²) in [5.74, 6) is 0.438. The molecular formula is C20H21ClN2O3. The second-order valence-corrected chi connectivity index (χ2v) is 6.63. The molecule has 1 aliphatic heterocycles. The van der Waals surface area contributed by atoms with Crippen LogP contribution in [0.15, 0.2) is 42.5 Å². The molecule has 26 heavy (non-hydrogen) atoms. The van der Waals surface area contributed by atoms with Gasteiger partial charge in [0.2, 0.25) is 5.91 Å². The first kappa shape index (κ1) is 18.3. The lowest BCUT2D eigenvalue weighted by atomic mass is 10.0. The Kier molecular flexibility index (Phi) is 5.78. The van der Waals surface area contributed by atoms with E-state index in [2.05, 4.69) is 10.6 Å². The Labute approximate surface area is 157 Å². The van der Waals surface area contributed by atoms with Crippen LogP contribution in [-0.4, -0.2) is 18.4 Å². The molecule has 0 aromatic heterocycles. The number of rotatable bonds is 7. The van der Waals surface area contributed by atoms with Gasteiger partial charge >= 0.3 is 0 Å². The Bertz CT molecular complexity index is 822. The molecule has 0 spiro atoms. The molecule has 0 fully saturated rings. The van der Waals surface area contributed by atoms with Crippen LogP contribution in [0.3, 0.4) is 0 Å². The fourth-order valence-electron chi connectivity index (χ4n) is 2.97. The van der Waals surface area contributed by atoms with Crippen molar-refractivity contribution in [2.24, 2.45) is 0 Å². The lowest BCUT2D eigenvalue weighted by molar-refractivity contribution is -0.121. The summed E-state index contributed by atoms with van der Waals surface area (Å²) in [7, 11) is 0. The number of ether oxygens (including phenoxy) is 1. The van der Waals surface area contributed by atoms with E-state index in [0.29, 0.717) is 23.7 Å². The molecule has 0 bridgehead atoms. The van der Waals surface area contributed by atoms with Crippen LogP contribution in [0.5, 0.6) is 5.75 Å². The van der Waals surface area contributed by atoms with Crippen LogP contribution in [0.2, 0.25) is 5.02 Å². The Morgan fingerprint density at radius 1 is 1.27 bits per heavy atom. The number of hydrogen-bond acceptors (Lipinski definition) is 3. The first-order valence-corrected chi connectivity index (χ1v) is 9.04. The molecule has 5 nitrogen and oxygen atoms in total. The van der Waals surface area contributed by atoms with Gasteiger partial charge in [0.1, 0.15) is 5.75 Å². The van der Waals surface area contributed by atoms with Crippen LogP contribution < -0.4 is 15.4 Å². The minimum Gasteiger partial charge on any atom is -0.493 e. The third-order valence-electron chi connectivity index (χ3n) is 4.24. The quantitative estimate of drug-likeness (QED) is 0.780. The lowest BCUT2D eigenvalue weighted by Gasteiger charge is -2.14. The molecule has 6 heteroatoms. The van der Waals surface area contributed by atoms with Crippen LogP contribution in [0.25, 0.3) is 0 Å². The third kappa shape index (κ3) is 4.17. The van der Waals surface area contributed by atoms with E-state index in [9.17, 15) is 9.59 Å². The number of carbonyl (C=O) groups excluding carboxylic acids is 2. The van der Waals surface area contributed by atoms with Gasteiger partial charge in [-0.1, -0.05) is 36.7 Å². The van der Waals surface area contributed by atoms with Crippen molar-refractivity contribution in [1.82, 2.24) is 10.6 Å². The summed E-state index contributed by atoms with van der Waals surface area (Å²) < 4.78 is 5.70. The number of halogens is 1. The number of hydrogen-bond donors (Lipinski definition) is 2. The Morgan fingerprint density at radius 2 is 2.08 bits per heavy atom. The van der Waals surface area contributed by atoms with Crippen LogP contribution in [0.1, 0.15) is 47.3 Å². The van der Waals surface area contributed by atoms with Gasteiger partial charge in [-0.25, -0.2) is 0 Å². The topological polar surface area (TPSA) is 67.4 Å². The first-order valence-electron chi connectivity index (χ1n) is 8.66. The van der Waals surface area contributed by atoms with Crippen LogP contribution in [0.4, 0.5) is 0 Å². The van der Waals surface area contributed by atoms with Gasteiger partial charge in [-0.15, -0.1) is 0 Å². The predicted molar refractivity (Wildman–Crippen MR) is 100 cm³/mol. The zero-order valence-electron chi connectivity index (χ0n) is 14.5. The molecule has 2 N–H and O–H groups in total. The number of amides is 2. The summed E-state index contributed by atoms with van der Waals surface area (Å²) in [5, 5.41) is 6.33. The standard InChI is InChI=1S/C20H21ClN2O3/c1-2-9-26-18-8-7-14(21)10-13(18)12-22-19(24)11-17-15-5-3-4-6-16(15)20(25)23-17/h3-8,10,17H,2,9,11-12H2,1H3,(H,22,24)(H,23,25). The summed E-state index contributed by atoms with van der Waals surface area (Å²) in [6.07, 6.45) is 1.09. The van der Waals surface area contributed by atoms with Crippen molar-refractivity contribution >= 4 is 23.4 Å². The number of benzene rings is 2. The van der Waals surface area contributed by atoms with E-state index in [1.807, 2.05) is 31.2 Å². The molecule has 0 aliphatic carbocycles. The predicted octanol–water partition coefficient (Wildman–Crippen LogP) is 3.62. The van der Waals surface area contributed by atoms with Gasteiger partial charge in [0.15, 0.2) is 0 Å². The van der Waals surface area contributed by atoms with Crippen LogP contribution in [-0.2, 0) is 11.3 Å². The largest absolute Gasteiger partial charge is 0.493 e. The van der Waals surface area contributed by atoms with E-state index in [0.717, 1.165) is 23.3 Å². The first-order chi connectivity index (χ1) is 12.6. The fraction of sp³-hybridized carbons (Fsp3) is 0.300. The fourth-order valence-corrected chi connectivity index (χ4v) is 3.17. The Hall–Kier alpha value is -2.53. The number of fused-ring (bicyclic) bond motifs is 1. The second kappa shape index (κ2) is 8.23. The molecule has 2 aromatic rings. The van der Waals surface area contributed by atoms with Crippen molar-refractivity contribution in [3.8, 4) is 5.75 Å². The smallest absolute Gasteiger partial charge is 0.252 e. The molecule has 0 radical (unpaired) electrons. The minimum atomic E-state index is -0.297. The summed E-state index contributed by atoms with van der Waals surface area (Å²) >= 11 is 6.06. The molecule has 0 saturated carbocycles. The van der Waals surface area contributed by atoms with E-state index in [-0.39, 0.29) is 24.3 Å². The van der Waals surface area contributed by atoms with Gasteiger partial charge in [-0.05, 0) is 36.2 Å². The van der Waals surface area contributed by atoms with Gasteiger partial charge in [0.25, 0.3) is 5.91 Å². The highest BCUT2D eigenvalue weighted by Gasteiger charge is 2.29. The van der Waals surface area contributed by atoms with E-state index >= 15 is 0 Å². The molecule has 1 aliphatic rings. The third-order valence-corrected chi connectivity index (χ3v) is 4.47. The van der Waals surface area contributed by atoms with Gasteiger partial charge in [0.05, 0.1) is 19.1 Å². The Balaban J connectivity index is 1.62. The molecule has 3 rings (SSSR count). The SMILES string of the molecule is CCCOc1ccc(Cl)cc1CNC(=O)CC1NC(=O)c2ccccc21. The van der Waals surface area contributed by atoms with Crippen LogP contribution in [0, 0.1) is 0 Å². The molecule has 0 saturated heterocycles. The van der Waals surface area contributed by atoms with Gasteiger partial charge in [0, 0.05) is 22.7 Å². The van der Waals surface area contributed by atoms with Crippen molar-refractivity contribution in [2.45, 2.75) is 32.4 Å². The summed E-state index contributed by atoms with van der Waals surface area (Å²) in [6, 6.07) is 12.4. The highest BCUT2D eigenvalue weighted by atomic mass is 35.5. The highest BCUT2D eigenvalue weighted by Crippen LogP contribution is 2.27. The van der Waals surface area contributed by atoms with Gasteiger partial charge in [-0.3, -0.25) is 9.59 Å². The Morgan fingerprint density at radius 3 is 2.88 bits per heavy atom. The van der Waals surface area contributed by atoms with Crippen molar-refractivity contribution in [1.29, 1.82) is 0 Å². The maximum Gasteiger partial charge on any atom is 0.252 e. The average Bonchev–Trinajstić information content (AvgIpc) is 2.95. The van der Waals surface area contributed by atoms with Crippen molar-refractivity contribution in [3.05, 3.63) is 64.2 Å². The zero-order valence-corrected chi connectivity index (χ0v) is 15.3. The molecule has 2 aromatic carbocycles. The molecule has 1 heterocycles. The zero-order chi connectivity index (χ0) is 18.5. The maximum atomic E-state index is 12.4. The van der Waals surface area contributed by atoms with E-state index in [1.165, 1.54) is 0 Å². The van der Waals surface area contributed by atoms with Crippen LogP contribution >= 0.6 is 11.6 Å². The maximum absolute atomic E-state index is 12.4. The minimum absolute atomic E-state index is 0.136. The summed E-state index contributed by atoms with van der Waals surface area (Å²) in [5.41, 5.74) is 2.33. The summed E-state index contributed by atoms with van der Waals surface area (Å²) in [4.78, 5) is 24.3. The molecule has 2 amide bonds. The number of nitrogens with one attached hydrogen (secondary N) is 2.